The SMILES string of the molecule is CCCCOc1c(CCNC(=O)OCC2c3ccccc3-c3ccccc32)n(CC(C)C)c(=O)c2ccc(-c3nc(C(=O)OCC)cs3)cc12. The highest BCUT2D eigenvalue weighted by atomic mass is 32.1. The average molecular weight is 694 g/mol. The predicted octanol–water partition coefficient (Wildman–Crippen LogP) is 8.22. The fourth-order valence-electron chi connectivity index (χ4n) is 6.52. The number of rotatable bonds is 14. The monoisotopic (exact) mass is 693 g/mol. The Bertz CT molecular complexity index is 2020. The second-order valence-electron chi connectivity index (χ2n) is 12.8. The van der Waals surface area contributed by atoms with Gasteiger partial charge in [0.25, 0.3) is 5.56 Å². The fraction of sp³-hybridized carbons (Fsp3) is 0.350. The van der Waals surface area contributed by atoms with Gasteiger partial charge in [-0.2, -0.15) is 0 Å². The first-order valence-corrected chi connectivity index (χ1v) is 18.2. The minimum atomic E-state index is -0.512. The zero-order valence-electron chi connectivity index (χ0n) is 29.0. The maximum Gasteiger partial charge on any atom is 0.407 e. The Morgan fingerprint density at radius 2 is 1.68 bits per heavy atom. The van der Waals surface area contributed by atoms with Crippen molar-refractivity contribution in [2.24, 2.45) is 5.92 Å². The Morgan fingerprint density at radius 3 is 2.36 bits per heavy atom. The molecule has 3 aromatic carbocycles. The van der Waals surface area contributed by atoms with Crippen LogP contribution >= 0.6 is 11.3 Å². The molecule has 1 N–H and O–H groups in total. The third kappa shape index (κ3) is 7.31. The molecule has 50 heavy (non-hydrogen) atoms. The largest absolute Gasteiger partial charge is 0.491 e. The van der Waals surface area contributed by atoms with E-state index in [-0.39, 0.29) is 42.8 Å². The molecule has 0 fully saturated rings. The summed E-state index contributed by atoms with van der Waals surface area (Å²) in [6.07, 6.45) is 1.64. The second kappa shape index (κ2) is 15.7. The van der Waals surface area contributed by atoms with Gasteiger partial charge < -0.3 is 24.1 Å². The van der Waals surface area contributed by atoms with Crippen LogP contribution < -0.4 is 15.6 Å². The number of aromatic nitrogens is 2. The van der Waals surface area contributed by atoms with E-state index >= 15 is 0 Å². The fourth-order valence-corrected chi connectivity index (χ4v) is 7.31. The van der Waals surface area contributed by atoms with E-state index in [1.807, 2.05) is 36.4 Å². The van der Waals surface area contributed by atoms with Gasteiger partial charge in [0.1, 0.15) is 17.4 Å². The number of thiazole rings is 1. The number of pyridine rings is 1. The molecule has 0 saturated heterocycles. The lowest BCUT2D eigenvalue weighted by molar-refractivity contribution is 0.0520. The highest BCUT2D eigenvalue weighted by Gasteiger charge is 2.29. The van der Waals surface area contributed by atoms with Gasteiger partial charge >= 0.3 is 12.1 Å². The number of carbonyl (C=O) groups is 2. The number of ether oxygens (including phenoxy) is 3. The molecular weight excluding hydrogens is 651 g/mol. The van der Waals surface area contributed by atoms with E-state index in [0.29, 0.717) is 41.1 Å². The van der Waals surface area contributed by atoms with E-state index in [4.69, 9.17) is 14.2 Å². The molecule has 9 nitrogen and oxygen atoms in total. The number of amides is 1. The molecule has 0 saturated carbocycles. The van der Waals surface area contributed by atoms with Gasteiger partial charge in [-0.1, -0.05) is 81.8 Å². The molecule has 1 aliphatic rings. The highest BCUT2D eigenvalue weighted by Crippen LogP contribution is 2.44. The molecule has 0 atom stereocenters. The minimum absolute atomic E-state index is 0.0381. The number of hydrogen-bond donors (Lipinski definition) is 1. The molecule has 10 heteroatoms. The molecular formula is C40H43N3O6S. The van der Waals surface area contributed by atoms with Crippen molar-refractivity contribution in [2.75, 3.05) is 26.4 Å². The normalized spacial score (nSPS) is 12.2. The first kappa shape index (κ1) is 34.9. The van der Waals surface area contributed by atoms with Crippen LogP contribution in [0.25, 0.3) is 32.5 Å². The van der Waals surface area contributed by atoms with Crippen molar-refractivity contribution in [3.8, 4) is 27.4 Å². The number of unbranched alkanes of at least 4 members (excludes halogenated alkanes) is 1. The topological polar surface area (TPSA) is 109 Å². The van der Waals surface area contributed by atoms with Crippen LogP contribution in [0.2, 0.25) is 0 Å². The van der Waals surface area contributed by atoms with Gasteiger partial charge in [-0.15, -0.1) is 11.3 Å². The van der Waals surface area contributed by atoms with E-state index in [9.17, 15) is 14.4 Å². The number of alkyl carbamates (subject to hydrolysis) is 1. The molecule has 260 valence electrons. The molecule has 1 amide bonds. The smallest absolute Gasteiger partial charge is 0.407 e. The summed E-state index contributed by atoms with van der Waals surface area (Å²) < 4.78 is 19.2. The molecule has 5 aromatic rings. The van der Waals surface area contributed by atoms with Crippen molar-refractivity contribution in [3.63, 3.8) is 0 Å². The number of nitrogens with zero attached hydrogens (tertiary/aromatic N) is 2. The molecule has 6 rings (SSSR count). The van der Waals surface area contributed by atoms with Crippen molar-refractivity contribution in [2.45, 2.75) is 59.4 Å². The van der Waals surface area contributed by atoms with E-state index in [0.717, 1.165) is 35.2 Å². The molecule has 2 heterocycles. The number of esters is 1. The van der Waals surface area contributed by atoms with Crippen LogP contribution in [0.15, 0.2) is 76.9 Å². The van der Waals surface area contributed by atoms with Crippen molar-refractivity contribution in [3.05, 3.63) is 105 Å². The van der Waals surface area contributed by atoms with Gasteiger partial charge in [0, 0.05) is 41.8 Å². The summed E-state index contributed by atoms with van der Waals surface area (Å²) in [5.41, 5.74) is 6.26. The van der Waals surface area contributed by atoms with Crippen LogP contribution in [0.5, 0.6) is 5.75 Å². The van der Waals surface area contributed by atoms with Crippen LogP contribution in [0.4, 0.5) is 4.79 Å². The summed E-state index contributed by atoms with van der Waals surface area (Å²) in [4.78, 5) is 43.9. The third-order valence-corrected chi connectivity index (χ3v) is 9.72. The first-order valence-electron chi connectivity index (χ1n) is 17.3. The Morgan fingerprint density at radius 1 is 0.960 bits per heavy atom. The maximum absolute atomic E-state index is 14.0. The second-order valence-corrected chi connectivity index (χ2v) is 13.7. The summed E-state index contributed by atoms with van der Waals surface area (Å²) in [6.45, 7) is 9.70. The molecule has 0 unspecified atom stereocenters. The Hall–Kier alpha value is -4.96. The Labute approximate surface area is 296 Å². The lowest BCUT2D eigenvalue weighted by Gasteiger charge is -2.22. The number of benzene rings is 3. The van der Waals surface area contributed by atoms with Crippen molar-refractivity contribution in [1.82, 2.24) is 14.9 Å². The molecule has 0 bridgehead atoms. The molecule has 2 aromatic heterocycles. The summed E-state index contributed by atoms with van der Waals surface area (Å²) in [5.74, 6) is 0.302. The van der Waals surface area contributed by atoms with E-state index in [1.165, 1.54) is 22.5 Å². The van der Waals surface area contributed by atoms with E-state index in [2.05, 4.69) is 55.3 Å². The summed E-state index contributed by atoms with van der Waals surface area (Å²) in [6, 6.07) is 22.0. The molecule has 0 spiro atoms. The van der Waals surface area contributed by atoms with Crippen LogP contribution in [-0.4, -0.2) is 48.0 Å². The number of fused-ring (bicyclic) bond motifs is 4. The van der Waals surface area contributed by atoms with Gasteiger partial charge in [0.05, 0.1) is 24.3 Å². The molecule has 1 aliphatic carbocycles. The minimum Gasteiger partial charge on any atom is -0.491 e. The molecule has 0 radical (unpaired) electrons. The quantitative estimate of drug-likeness (QED) is 0.0922. The zero-order chi connectivity index (χ0) is 35.2. The van der Waals surface area contributed by atoms with Crippen molar-refractivity contribution in [1.29, 1.82) is 0 Å². The highest BCUT2D eigenvalue weighted by molar-refractivity contribution is 7.13. The predicted molar refractivity (Wildman–Crippen MR) is 197 cm³/mol. The average Bonchev–Trinajstić information content (AvgIpc) is 3.74. The molecule has 0 aliphatic heterocycles. The van der Waals surface area contributed by atoms with E-state index in [1.54, 1.807) is 22.9 Å². The van der Waals surface area contributed by atoms with Crippen LogP contribution in [0, 0.1) is 5.92 Å². The van der Waals surface area contributed by atoms with Crippen LogP contribution in [-0.2, 0) is 22.4 Å². The number of nitrogens with one attached hydrogen (secondary N) is 1. The lowest BCUT2D eigenvalue weighted by Crippen LogP contribution is -2.31. The van der Waals surface area contributed by atoms with Gasteiger partial charge in [0.2, 0.25) is 0 Å². The van der Waals surface area contributed by atoms with Crippen LogP contribution in [0.3, 0.4) is 0 Å². The van der Waals surface area contributed by atoms with Gasteiger partial charge in [-0.3, -0.25) is 4.79 Å². The zero-order valence-corrected chi connectivity index (χ0v) is 29.8. The Kier molecular flexibility index (Phi) is 11.0. The number of hydrogen-bond acceptors (Lipinski definition) is 8. The Balaban J connectivity index is 1.26. The first-order chi connectivity index (χ1) is 24.3. The van der Waals surface area contributed by atoms with Gasteiger partial charge in [-0.05, 0) is 53.6 Å². The summed E-state index contributed by atoms with van der Waals surface area (Å²) in [5, 5.41) is 6.45. The lowest BCUT2D eigenvalue weighted by atomic mass is 9.98. The van der Waals surface area contributed by atoms with E-state index < -0.39 is 12.1 Å². The van der Waals surface area contributed by atoms with Gasteiger partial charge in [0.15, 0.2) is 5.69 Å². The number of carbonyl (C=O) groups excluding carboxylic acids is 2. The third-order valence-electron chi connectivity index (χ3n) is 8.83. The maximum atomic E-state index is 14.0. The van der Waals surface area contributed by atoms with Crippen molar-refractivity contribution < 1.29 is 23.8 Å². The van der Waals surface area contributed by atoms with Crippen LogP contribution in [0.1, 0.15) is 73.8 Å². The van der Waals surface area contributed by atoms with Gasteiger partial charge in [-0.25, -0.2) is 14.6 Å². The van der Waals surface area contributed by atoms with Crippen molar-refractivity contribution >= 4 is 34.2 Å². The standard InChI is InChI=1S/C40H43N3O6S/c1-5-7-20-48-36-32-21-26(37-42-34(24-50-37)39(45)47-6-2)16-17-31(32)38(44)43(22-25(3)4)35(36)18-19-41-40(46)49-23-33-29-14-10-8-12-27(29)28-13-9-11-15-30(28)33/h8-17,21,24-25,33H,5-7,18-20,22-23H2,1-4H3,(H,41,46). The summed E-state index contributed by atoms with van der Waals surface area (Å²) in [7, 11) is 0. The summed E-state index contributed by atoms with van der Waals surface area (Å²) >= 11 is 1.34.